The zero-order valence-electron chi connectivity index (χ0n) is 19.9. The van der Waals surface area contributed by atoms with Gasteiger partial charge in [0.05, 0.1) is 12.0 Å². The van der Waals surface area contributed by atoms with E-state index >= 15 is 0 Å². The van der Waals surface area contributed by atoms with Gasteiger partial charge in [-0.2, -0.15) is 0 Å². The average molecular weight is 526 g/mol. The van der Waals surface area contributed by atoms with E-state index in [0.29, 0.717) is 41.6 Å². The van der Waals surface area contributed by atoms with Crippen LogP contribution in [-0.2, 0) is 11.2 Å². The Kier molecular flexibility index (Phi) is 5.37. The Bertz CT molecular complexity index is 1450. The fourth-order valence-corrected chi connectivity index (χ4v) is 5.02. The number of benzene rings is 2. The molecule has 1 aliphatic carbocycles. The number of carbonyl (C=O) groups excluding carboxylic acids is 2. The summed E-state index contributed by atoms with van der Waals surface area (Å²) in [5.74, 6) is 1.81. The molecule has 1 saturated carbocycles. The van der Waals surface area contributed by atoms with Crippen LogP contribution in [0.2, 0.25) is 0 Å². The maximum Gasteiger partial charge on any atom is 0.573 e. The average Bonchev–Trinajstić information content (AvgIpc) is 3.27. The number of anilines is 2. The number of pyridine rings is 1. The van der Waals surface area contributed by atoms with Crippen LogP contribution in [0.3, 0.4) is 0 Å². The van der Waals surface area contributed by atoms with Crippen LogP contribution in [0.15, 0.2) is 54.7 Å². The summed E-state index contributed by atoms with van der Waals surface area (Å²) in [7, 11) is 0. The highest BCUT2D eigenvalue weighted by Crippen LogP contribution is 2.62. The number of aromatic nitrogens is 1. The molecule has 0 spiro atoms. The van der Waals surface area contributed by atoms with Gasteiger partial charge in [0.25, 0.3) is 0 Å². The number of carbonyl (C=O) groups is 2. The molecule has 3 amide bonds. The van der Waals surface area contributed by atoms with Crippen LogP contribution in [0.1, 0.15) is 30.4 Å². The zero-order chi connectivity index (χ0) is 26.7. The van der Waals surface area contributed by atoms with Gasteiger partial charge < -0.3 is 30.2 Å². The molecular weight excluding hydrogens is 505 g/mol. The van der Waals surface area contributed by atoms with Crippen molar-refractivity contribution in [2.45, 2.75) is 43.7 Å². The van der Waals surface area contributed by atoms with E-state index in [-0.39, 0.29) is 23.6 Å². The Balaban J connectivity index is 1.12. The highest BCUT2D eigenvalue weighted by atomic mass is 19.4. The molecule has 12 heteroatoms. The molecular formula is C26H21F3N4O5. The van der Waals surface area contributed by atoms with Crippen LogP contribution in [-0.4, -0.2) is 34.9 Å². The van der Waals surface area contributed by atoms with Crippen molar-refractivity contribution in [3.05, 3.63) is 65.9 Å². The van der Waals surface area contributed by atoms with E-state index < -0.39 is 18.0 Å². The quantitative estimate of drug-likeness (QED) is 0.427. The highest BCUT2D eigenvalue weighted by Gasteiger charge is 2.70. The summed E-state index contributed by atoms with van der Waals surface area (Å²) in [6, 6.07) is 11.3. The minimum Gasteiger partial charge on any atom is -0.484 e. The van der Waals surface area contributed by atoms with Gasteiger partial charge in [-0.15, -0.1) is 13.2 Å². The molecule has 9 nitrogen and oxygen atoms in total. The third kappa shape index (κ3) is 4.42. The molecule has 3 atom stereocenters. The molecule has 3 aliphatic rings. The van der Waals surface area contributed by atoms with E-state index in [1.54, 1.807) is 18.3 Å². The van der Waals surface area contributed by atoms with E-state index in [2.05, 4.69) is 25.7 Å². The Morgan fingerprint density at radius 1 is 1.13 bits per heavy atom. The normalized spacial score (nSPS) is 22.7. The lowest BCUT2D eigenvalue weighted by Crippen LogP contribution is -2.36. The molecule has 3 aromatic rings. The zero-order valence-corrected chi connectivity index (χ0v) is 19.9. The molecule has 2 aliphatic heterocycles. The van der Waals surface area contributed by atoms with E-state index in [4.69, 9.17) is 9.47 Å². The van der Waals surface area contributed by atoms with Crippen molar-refractivity contribution in [2.75, 3.05) is 10.6 Å². The summed E-state index contributed by atoms with van der Waals surface area (Å²) in [6.45, 7) is 1.90. The van der Waals surface area contributed by atoms with Gasteiger partial charge in [-0.25, -0.2) is 9.78 Å². The summed E-state index contributed by atoms with van der Waals surface area (Å²) in [5.41, 5.74) is 1.39. The standard InChI is InChI=1S/C26H21F3N4O5/c1-25-21(22(25)33-24(35)31-13-2-4-14(5-3-13)37-26(27,28)29)17-12-15(6-8-19(17)38-25)36-18-10-11-30-23-16(18)7-9-20(34)32-23/h2-6,8,10-12,21-22H,7,9H2,1H3,(H,30,32,34)(H2,31,33,35)/t21-,22-,25?/m0/s1. The van der Waals surface area contributed by atoms with Crippen molar-refractivity contribution in [1.82, 2.24) is 10.3 Å². The van der Waals surface area contributed by atoms with Crippen molar-refractivity contribution in [2.24, 2.45) is 0 Å². The first kappa shape index (κ1) is 23.9. The number of alkyl halides is 3. The molecule has 1 unspecified atom stereocenters. The third-order valence-corrected chi connectivity index (χ3v) is 6.84. The van der Waals surface area contributed by atoms with E-state index in [9.17, 15) is 22.8 Å². The maximum absolute atomic E-state index is 12.6. The number of hydrogen-bond donors (Lipinski definition) is 3. The van der Waals surface area contributed by atoms with Crippen molar-refractivity contribution in [3.63, 3.8) is 0 Å². The Morgan fingerprint density at radius 3 is 2.66 bits per heavy atom. The first-order valence-electron chi connectivity index (χ1n) is 11.8. The van der Waals surface area contributed by atoms with E-state index in [0.717, 1.165) is 23.3 Å². The molecule has 0 saturated heterocycles. The van der Waals surface area contributed by atoms with E-state index in [1.807, 2.05) is 19.1 Å². The van der Waals surface area contributed by atoms with Crippen LogP contribution in [0.25, 0.3) is 0 Å². The van der Waals surface area contributed by atoms with Crippen molar-refractivity contribution in [3.8, 4) is 23.0 Å². The number of rotatable bonds is 5. The van der Waals surface area contributed by atoms with Gasteiger partial charge in [0, 0.05) is 29.4 Å². The van der Waals surface area contributed by atoms with Gasteiger partial charge in [0.2, 0.25) is 5.91 Å². The number of amides is 3. The van der Waals surface area contributed by atoms with Crippen molar-refractivity contribution in [1.29, 1.82) is 0 Å². The SMILES string of the molecule is CC12Oc3ccc(Oc4ccnc5c4CCC(=O)N5)cc3[C@H]1[C@@H]2NC(=O)Nc1ccc(OC(F)(F)F)cc1. The number of fused-ring (bicyclic) bond motifs is 4. The molecule has 2 aromatic carbocycles. The molecule has 0 bridgehead atoms. The molecule has 0 radical (unpaired) electrons. The number of urea groups is 1. The number of nitrogens with one attached hydrogen (secondary N) is 3. The first-order chi connectivity index (χ1) is 18.1. The second kappa shape index (κ2) is 8.54. The van der Waals surface area contributed by atoms with Crippen molar-refractivity contribution < 1.29 is 37.0 Å². The maximum atomic E-state index is 12.6. The summed E-state index contributed by atoms with van der Waals surface area (Å²) >= 11 is 0. The third-order valence-electron chi connectivity index (χ3n) is 6.84. The fraction of sp³-hybridized carbons (Fsp3) is 0.269. The second-order valence-corrected chi connectivity index (χ2v) is 9.40. The molecule has 1 aromatic heterocycles. The number of hydrogen-bond acceptors (Lipinski definition) is 6. The van der Waals surface area contributed by atoms with Crippen LogP contribution >= 0.6 is 0 Å². The second-order valence-electron chi connectivity index (χ2n) is 9.40. The first-order valence-corrected chi connectivity index (χ1v) is 11.8. The summed E-state index contributed by atoms with van der Waals surface area (Å²) in [4.78, 5) is 28.5. The van der Waals surface area contributed by atoms with Crippen LogP contribution < -0.4 is 30.2 Å². The Labute approximate surface area is 214 Å². The van der Waals surface area contributed by atoms with Gasteiger partial charge in [0.1, 0.15) is 34.4 Å². The van der Waals surface area contributed by atoms with E-state index in [1.165, 1.54) is 12.1 Å². The molecule has 3 heterocycles. The highest BCUT2D eigenvalue weighted by molar-refractivity contribution is 5.93. The predicted molar refractivity (Wildman–Crippen MR) is 129 cm³/mol. The van der Waals surface area contributed by atoms with Crippen LogP contribution in [0, 0.1) is 0 Å². The van der Waals surface area contributed by atoms with Crippen LogP contribution in [0.4, 0.5) is 29.5 Å². The molecule has 1 fully saturated rings. The molecule has 6 rings (SSSR count). The van der Waals surface area contributed by atoms with Gasteiger partial charge in [-0.3, -0.25) is 4.79 Å². The Hall–Kier alpha value is -4.48. The van der Waals surface area contributed by atoms with Gasteiger partial charge in [0.15, 0.2) is 0 Å². The summed E-state index contributed by atoms with van der Waals surface area (Å²) in [6.07, 6.45) is -2.33. The number of ether oxygens (including phenoxy) is 3. The lowest BCUT2D eigenvalue weighted by molar-refractivity contribution is -0.274. The lowest BCUT2D eigenvalue weighted by Gasteiger charge is -2.19. The monoisotopic (exact) mass is 526 g/mol. The molecule has 38 heavy (non-hydrogen) atoms. The van der Waals surface area contributed by atoms with Gasteiger partial charge in [-0.1, -0.05) is 0 Å². The van der Waals surface area contributed by atoms with Gasteiger partial charge >= 0.3 is 12.4 Å². The van der Waals surface area contributed by atoms with Gasteiger partial charge in [-0.05, 0) is 61.9 Å². The number of halogens is 3. The molecule has 3 N–H and O–H groups in total. The summed E-state index contributed by atoms with van der Waals surface area (Å²) < 4.78 is 53.1. The summed E-state index contributed by atoms with van der Waals surface area (Å²) in [5, 5.41) is 8.24. The Morgan fingerprint density at radius 2 is 1.89 bits per heavy atom. The fourth-order valence-electron chi connectivity index (χ4n) is 5.02. The molecule has 196 valence electrons. The minimum absolute atomic E-state index is 0.0834. The lowest BCUT2D eigenvalue weighted by atomic mass is 10.1. The topological polar surface area (TPSA) is 111 Å². The van der Waals surface area contributed by atoms with Crippen molar-refractivity contribution >= 4 is 23.4 Å². The minimum atomic E-state index is -4.79. The van der Waals surface area contributed by atoms with Crippen LogP contribution in [0.5, 0.6) is 23.0 Å². The number of nitrogens with zero attached hydrogens (tertiary/aromatic N) is 1. The largest absolute Gasteiger partial charge is 0.573 e. The predicted octanol–water partition coefficient (Wildman–Crippen LogP) is 5.10. The smallest absolute Gasteiger partial charge is 0.484 e.